The van der Waals surface area contributed by atoms with Crippen molar-refractivity contribution in [2.75, 3.05) is 5.32 Å². The molecule has 7 nitrogen and oxygen atoms in total. The lowest BCUT2D eigenvalue weighted by Gasteiger charge is -2.07. The van der Waals surface area contributed by atoms with Gasteiger partial charge in [0.1, 0.15) is 5.75 Å². The Morgan fingerprint density at radius 1 is 1.30 bits per heavy atom. The Labute approximate surface area is 114 Å². The average Bonchev–Trinajstić information content (AvgIpc) is 2.42. The first kappa shape index (κ1) is 13.5. The first-order chi connectivity index (χ1) is 9.56. The zero-order chi connectivity index (χ0) is 14.5. The Hall–Kier alpha value is -2.96. The lowest BCUT2D eigenvalue weighted by Crippen LogP contribution is -2.14. The lowest BCUT2D eigenvalue weighted by molar-refractivity contribution is -0.384. The van der Waals surface area contributed by atoms with Crippen LogP contribution in [0, 0.1) is 10.1 Å². The largest absolute Gasteiger partial charge is 0.506 e. The zero-order valence-electron chi connectivity index (χ0n) is 10.3. The lowest BCUT2D eigenvalue weighted by atomic mass is 10.2. The van der Waals surface area contributed by atoms with Crippen molar-refractivity contribution in [2.45, 2.75) is 6.42 Å². The van der Waals surface area contributed by atoms with Gasteiger partial charge >= 0.3 is 0 Å². The third-order valence-electron chi connectivity index (χ3n) is 2.58. The number of anilines is 1. The first-order valence-corrected chi connectivity index (χ1v) is 5.72. The standard InChI is InChI=1S/C13H11N3O4/c17-12-8-10(16(19)20)1-2-11(12)15-13(18)7-9-3-5-14-6-4-9/h1-6,8,17H,7H2,(H,15,18). The quantitative estimate of drug-likeness (QED) is 0.502. The van der Waals surface area contributed by atoms with Crippen molar-refractivity contribution in [1.82, 2.24) is 4.98 Å². The first-order valence-electron chi connectivity index (χ1n) is 5.72. The molecule has 0 bridgehead atoms. The van der Waals surface area contributed by atoms with E-state index in [4.69, 9.17) is 0 Å². The summed E-state index contributed by atoms with van der Waals surface area (Å²) in [7, 11) is 0. The van der Waals surface area contributed by atoms with Crippen LogP contribution in [0.5, 0.6) is 5.75 Å². The van der Waals surface area contributed by atoms with Crippen LogP contribution in [0.15, 0.2) is 42.7 Å². The fourth-order valence-electron chi connectivity index (χ4n) is 1.62. The van der Waals surface area contributed by atoms with Crippen LogP contribution in [-0.4, -0.2) is 20.9 Å². The number of hydrogen-bond acceptors (Lipinski definition) is 5. The van der Waals surface area contributed by atoms with Crippen LogP contribution in [0.1, 0.15) is 5.56 Å². The van der Waals surface area contributed by atoms with Crippen molar-refractivity contribution in [2.24, 2.45) is 0 Å². The highest BCUT2D eigenvalue weighted by atomic mass is 16.6. The maximum Gasteiger partial charge on any atom is 0.273 e. The van der Waals surface area contributed by atoms with E-state index in [-0.39, 0.29) is 29.5 Å². The van der Waals surface area contributed by atoms with Crippen LogP contribution in [0.25, 0.3) is 0 Å². The molecule has 1 heterocycles. The molecule has 0 saturated carbocycles. The van der Waals surface area contributed by atoms with Crippen molar-refractivity contribution in [3.05, 3.63) is 58.4 Å². The van der Waals surface area contributed by atoms with Crippen LogP contribution in [-0.2, 0) is 11.2 Å². The van der Waals surface area contributed by atoms with Gasteiger partial charge in [0.15, 0.2) is 0 Å². The van der Waals surface area contributed by atoms with Crippen molar-refractivity contribution in [1.29, 1.82) is 0 Å². The molecular formula is C13H11N3O4. The highest BCUT2D eigenvalue weighted by Crippen LogP contribution is 2.27. The van der Waals surface area contributed by atoms with E-state index in [0.717, 1.165) is 11.6 Å². The minimum Gasteiger partial charge on any atom is -0.506 e. The molecule has 1 aromatic heterocycles. The highest BCUT2D eigenvalue weighted by Gasteiger charge is 2.12. The number of nitrogens with zero attached hydrogens (tertiary/aromatic N) is 2. The Bertz CT molecular complexity index is 643. The third kappa shape index (κ3) is 3.29. The van der Waals surface area contributed by atoms with Gasteiger partial charge < -0.3 is 10.4 Å². The summed E-state index contributed by atoms with van der Waals surface area (Å²) < 4.78 is 0. The number of nitrogens with one attached hydrogen (secondary N) is 1. The molecule has 2 N–H and O–H groups in total. The summed E-state index contributed by atoms with van der Waals surface area (Å²) >= 11 is 0. The predicted octanol–water partition coefficient (Wildman–Crippen LogP) is 1.88. The van der Waals surface area contributed by atoms with Crippen molar-refractivity contribution >= 4 is 17.3 Å². The van der Waals surface area contributed by atoms with E-state index in [9.17, 15) is 20.0 Å². The molecule has 1 amide bonds. The number of phenols is 1. The number of pyridine rings is 1. The van der Waals surface area contributed by atoms with Crippen LogP contribution in [0.2, 0.25) is 0 Å². The second-order valence-electron chi connectivity index (χ2n) is 4.04. The van der Waals surface area contributed by atoms with Crippen molar-refractivity contribution < 1.29 is 14.8 Å². The second-order valence-corrected chi connectivity index (χ2v) is 4.04. The summed E-state index contributed by atoms with van der Waals surface area (Å²) in [6.45, 7) is 0. The highest BCUT2D eigenvalue weighted by molar-refractivity contribution is 5.93. The van der Waals surface area contributed by atoms with E-state index < -0.39 is 4.92 Å². The summed E-state index contributed by atoms with van der Waals surface area (Å²) in [5, 5.41) is 22.6. The second kappa shape index (κ2) is 5.79. The number of carbonyl (C=O) groups is 1. The fourth-order valence-corrected chi connectivity index (χ4v) is 1.62. The van der Waals surface area contributed by atoms with E-state index >= 15 is 0 Å². The van der Waals surface area contributed by atoms with E-state index in [1.807, 2.05) is 0 Å². The number of non-ortho nitro benzene ring substituents is 1. The maximum atomic E-state index is 11.8. The van der Waals surface area contributed by atoms with Gasteiger partial charge in [-0.25, -0.2) is 0 Å². The molecule has 2 rings (SSSR count). The summed E-state index contributed by atoms with van der Waals surface area (Å²) in [5.41, 5.74) is 0.670. The summed E-state index contributed by atoms with van der Waals surface area (Å²) in [4.78, 5) is 25.5. The molecule has 0 aliphatic heterocycles. The number of rotatable bonds is 4. The topological polar surface area (TPSA) is 105 Å². The summed E-state index contributed by atoms with van der Waals surface area (Å²) in [5.74, 6) is -0.678. The summed E-state index contributed by atoms with van der Waals surface area (Å²) in [6, 6.07) is 6.90. The van der Waals surface area contributed by atoms with Crippen molar-refractivity contribution in [3.8, 4) is 5.75 Å². The van der Waals surface area contributed by atoms with E-state index in [1.165, 1.54) is 12.1 Å². The van der Waals surface area contributed by atoms with Gasteiger partial charge in [-0.15, -0.1) is 0 Å². The van der Waals surface area contributed by atoms with Gasteiger partial charge in [0.05, 0.1) is 23.1 Å². The van der Waals surface area contributed by atoms with Gasteiger partial charge in [-0.05, 0) is 23.8 Å². The van der Waals surface area contributed by atoms with E-state index in [2.05, 4.69) is 10.3 Å². The van der Waals surface area contributed by atoms with Crippen molar-refractivity contribution in [3.63, 3.8) is 0 Å². The van der Waals surface area contributed by atoms with Crippen LogP contribution >= 0.6 is 0 Å². The number of nitro groups is 1. The molecule has 0 spiro atoms. The number of aromatic hydroxyl groups is 1. The monoisotopic (exact) mass is 273 g/mol. The molecule has 2 aromatic rings. The molecule has 0 aliphatic rings. The predicted molar refractivity (Wildman–Crippen MR) is 71.3 cm³/mol. The van der Waals surface area contributed by atoms with Gasteiger partial charge in [-0.1, -0.05) is 0 Å². The zero-order valence-corrected chi connectivity index (χ0v) is 10.3. The van der Waals surface area contributed by atoms with E-state index in [0.29, 0.717) is 0 Å². The molecule has 20 heavy (non-hydrogen) atoms. The smallest absolute Gasteiger partial charge is 0.273 e. The van der Waals surface area contributed by atoms with Crippen LogP contribution in [0.3, 0.4) is 0 Å². The maximum absolute atomic E-state index is 11.8. The average molecular weight is 273 g/mol. The molecule has 1 aromatic carbocycles. The number of benzene rings is 1. The number of nitro benzene ring substituents is 1. The molecular weight excluding hydrogens is 262 g/mol. The molecule has 0 aliphatic carbocycles. The Kier molecular flexibility index (Phi) is 3.90. The van der Waals surface area contributed by atoms with Gasteiger partial charge in [-0.3, -0.25) is 19.9 Å². The Morgan fingerprint density at radius 3 is 2.60 bits per heavy atom. The molecule has 0 unspecified atom stereocenters. The minimum absolute atomic E-state index is 0.124. The minimum atomic E-state index is -0.623. The molecule has 0 saturated heterocycles. The normalized spacial score (nSPS) is 10.0. The SMILES string of the molecule is O=C(Cc1ccncc1)Nc1ccc([N+](=O)[O-])cc1O. The van der Waals surface area contributed by atoms with Gasteiger partial charge in [-0.2, -0.15) is 0 Å². The number of aromatic nitrogens is 1. The molecule has 7 heteroatoms. The number of carbonyl (C=O) groups excluding carboxylic acids is 1. The Morgan fingerprint density at radius 2 is 2.00 bits per heavy atom. The third-order valence-corrected chi connectivity index (χ3v) is 2.58. The van der Waals surface area contributed by atoms with Gasteiger partial charge in [0.2, 0.25) is 5.91 Å². The Balaban J connectivity index is 2.06. The van der Waals surface area contributed by atoms with Gasteiger partial charge in [0.25, 0.3) is 5.69 Å². The number of phenolic OH excluding ortho intramolecular Hbond substituents is 1. The van der Waals surface area contributed by atoms with E-state index in [1.54, 1.807) is 24.5 Å². The molecule has 0 atom stereocenters. The molecule has 102 valence electrons. The molecule has 0 fully saturated rings. The summed E-state index contributed by atoms with van der Waals surface area (Å²) in [6.07, 6.45) is 3.27. The number of amides is 1. The fraction of sp³-hybridized carbons (Fsp3) is 0.0769. The van der Waals surface area contributed by atoms with Crippen LogP contribution in [0.4, 0.5) is 11.4 Å². The molecule has 0 radical (unpaired) electrons. The van der Waals surface area contributed by atoms with Crippen LogP contribution < -0.4 is 5.32 Å². The number of hydrogen-bond donors (Lipinski definition) is 2. The van der Waals surface area contributed by atoms with Gasteiger partial charge in [0, 0.05) is 18.5 Å².